The Labute approximate surface area is 115 Å². The van der Waals surface area contributed by atoms with E-state index in [1.54, 1.807) is 18.2 Å². The van der Waals surface area contributed by atoms with Gasteiger partial charge in [-0.05, 0) is 30.2 Å². The van der Waals surface area contributed by atoms with Gasteiger partial charge in [0.1, 0.15) is 5.52 Å². The largest absolute Gasteiger partial charge is 0.441 e. The van der Waals surface area contributed by atoms with Crippen LogP contribution in [0.25, 0.3) is 11.1 Å². The molecule has 0 amide bonds. The molecular weight excluding hydrogens is 252 g/mol. The lowest BCUT2D eigenvalue weighted by atomic mass is 10.1. The summed E-state index contributed by atoms with van der Waals surface area (Å²) in [7, 11) is 0. The molecule has 0 atom stereocenters. The van der Waals surface area contributed by atoms with Crippen LogP contribution in [0, 0.1) is 0 Å². The van der Waals surface area contributed by atoms with E-state index in [0.717, 1.165) is 12.8 Å². The number of aliphatic imine (C=N–C) groups is 1. The Bertz CT molecular complexity index is 772. The summed E-state index contributed by atoms with van der Waals surface area (Å²) in [5, 5.41) is 0. The standard InChI is InChI=1S/C16H12N2O2/c19-11-17-13-7-8-15-14(10-13)18-16(20-15)9-6-12-4-2-1-3-5-12/h1-5,7-8,10H,6,9H2. The topological polar surface area (TPSA) is 55.5 Å². The van der Waals surface area contributed by atoms with Crippen molar-refractivity contribution >= 4 is 22.9 Å². The number of nitrogens with zero attached hydrogens (tertiary/aromatic N) is 2. The molecule has 0 bridgehead atoms. The van der Waals surface area contributed by atoms with Crippen LogP contribution < -0.4 is 0 Å². The fraction of sp³-hybridized carbons (Fsp3) is 0.125. The molecule has 0 N–H and O–H groups in total. The molecule has 4 heteroatoms. The monoisotopic (exact) mass is 264 g/mol. The first kappa shape index (κ1) is 12.3. The van der Waals surface area contributed by atoms with Crippen LogP contribution in [0.2, 0.25) is 0 Å². The first-order chi connectivity index (χ1) is 9.85. The number of hydrogen-bond acceptors (Lipinski definition) is 4. The number of oxazole rings is 1. The Kier molecular flexibility index (Phi) is 3.40. The zero-order valence-corrected chi connectivity index (χ0v) is 10.7. The minimum absolute atomic E-state index is 0.537. The number of aryl methyl sites for hydroxylation is 2. The Morgan fingerprint density at radius 3 is 2.75 bits per heavy atom. The molecule has 3 aromatic rings. The van der Waals surface area contributed by atoms with E-state index in [2.05, 4.69) is 22.1 Å². The van der Waals surface area contributed by atoms with Gasteiger partial charge in [0.25, 0.3) is 0 Å². The van der Waals surface area contributed by atoms with Gasteiger partial charge in [0.05, 0.1) is 5.69 Å². The molecule has 0 spiro atoms. The van der Waals surface area contributed by atoms with Crippen LogP contribution in [0.4, 0.5) is 5.69 Å². The maximum atomic E-state index is 10.2. The van der Waals surface area contributed by atoms with Crippen molar-refractivity contribution in [2.45, 2.75) is 12.8 Å². The number of aromatic nitrogens is 1. The summed E-state index contributed by atoms with van der Waals surface area (Å²) in [5.41, 5.74) is 3.21. The normalized spacial score (nSPS) is 10.4. The van der Waals surface area contributed by atoms with Crippen molar-refractivity contribution in [3.8, 4) is 0 Å². The quantitative estimate of drug-likeness (QED) is 0.534. The Morgan fingerprint density at radius 1 is 1.10 bits per heavy atom. The highest BCUT2D eigenvalue weighted by molar-refractivity contribution is 5.77. The lowest BCUT2D eigenvalue weighted by Gasteiger charge is -1.96. The highest BCUT2D eigenvalue weighted by Gasteiger charge is 2.06. The molecule has 20 heavy (non-hydrogen) atoms. The summed E-state index contributed by atoms with van der Waals surface area (Å²) < 4.78 is 5.67. The molecule has 0 radical (unpaired) electrons. The molecule has 0 saturated heterocycles. The number of fused-ring (bicyclic) bond motifs is 1. The summed E-state index contributed by atoms with van der Waals surface area (Å²) in [6.07, 6.45) is 3.14. The van der Waals surface area contributed by atoms with E-state index < -0.39 is 0 Å². The molecule has 0 aliphatic heterocycles. The highest BCUT2D eigenvalue weighted by atomic mass is 16.3. The first-order valence-corrected chi connectivity index (χ1v) is 6.36. The van der Waals surface area contributed by atoms with Gasteiger partial charge in [-0.1, -0.05) is 30.3 Å². The van der Waals surface area contributed by atoms with Crippen LogP contribution in [-0.2, 0) is 17.6 Å². The second-order valence-corrected chi connectivity index (χ2v) is 4.45. The average Bonchev–Trinajstić information content (AvgIpc) is 2.89. The van der Waals surface area contributed by atoms with Crippen LogP contribution in [0.3, 0.4) is 0 Å². The second-order valence-electron chi connectivity index (χ2n) is 4.45. The predicted octanol–water partition coefficient (Wildman–Crippen LogP) is 3.58. The second kappa shape index (κ2) is 5.51. The molecule has 0 fully saturated rings. The Morgan fingerprint density at radius 2 is 1.95 bits per heavy atom. The van der Waals surface area contributed by atoms with Crippen molar-refractivity contribution in [2.24, 2.45) is 4.99 Å². The maximum absolute atomic E-state index is 10.2. The lowest BCUT2D eigenvalue weighted by Crippen LogP contribution is -1.90. The fourth-order valence-electron chi connectivity index (χ4n) is 2.09. The molecule has 2 aromatic carbocycles. The van der Waals surface area contributed by atoms with Crippen LogP contribution in [0.15, 0.2) is 57.9 Å². The zero-order valence-electron chi connectivity index (χ0n) is 10.7. The summed E-state index contributed by atoms with van der Waals surface area (Å²) in [5.74, 6) is 0.691. The number of benzene rings is 2. The molecule has 3 rings (SSSR count). The smallest absolute Gasteiger partial charge is 0.240 e. The minimum atomic E-state index is 0.537. The van der Waals surface area contributed by atoms with Gasteiger partial charge in [-0.2, -0.15) is 4.99 Å². The molecule has 4 nitrogen and oxygen atoms in total. The van der Waals surface area contributed by atoms with Gasteiger partial charge < -0.3 is 4.42 Å². The third-order valence-electron chi connectivity index (χ3n) is 3.06. The SMILES string of the molecule is O=C=Nc1ccc2oc(CCc3ccccc3)nc2c1. The molecule has 0 saturated carbocycles. The summed E-state index contributed by atoms with van der Waals surface area (Å²) in [6.45, 7) is 0. The van der Waals surface area contributed by atoms with Crippen molar-refractivity contribution < 1.29 is 9.21 Å². The lowest BCUT2D eigenvalue weighted by molar-refractivity contribution is 0.528. The van der Waals surface area contributed by atoms with Crippen molar-refractivity contribution in [1.29, 1.82) is 0 Å². The first-order valence-electron chi connectivity index (χ1n) is 6.36. The van der Waals surface area contributed by atoms with Gasteiger partial charge in [-0.25, -0.2) is 9.78 Å². The van der Waals surface area contributed by atoms with Crippen molar-refractivity contribution in [1.82, 2.24) is 4.98 Å². The molecule has 0 aliphatic carbocycles. The minimum Gasteiger partial charge on any atom is -0.441 e. The summed E-state index contributed by atoms with van der Waals surface area (Å²) in [4.78, 5) is 18.2. The summed E-state index contributed by atoms with van der Waals surface area (Å²) >= 11 is 0. The number of carbonyl (C=O) groups excluding carboxylic acids is 1. The van der Waals surface area contributed by atoms with Gasteiger partial charge in [0.15, 0.2) is 11.5 Å². The molecule has 0 unspecified atom stereocenters. The van der Waals surface area contributed by atoms with Crippen molar-refractivity contribution in [3.63, 3.8) is 0 Å². The molecular formula is C16H12N2O2. The van der Waals surface area contributed by atoms with E-state index in [4.69, 9.17) is 4.42 Å². The van der Waals surface area contributed by atoms with Crippen LogP contribution in [0.5, 0.6) is 0 Å². The van der Waals surface area contributed by atoms with Crippen LogP contribution in [0.1, 0.15) is 11.5 Å². The van der Waals surface area contributed by atoms with Crippen LogP contribution >= 0.6 is 0 Å². The van der Waals surface area contributed by atoms with Gasteiger partial charge in [0, 0.05) is 6.42 Å². The number of isocyanates is 1. The van der Waals surface area contributed by atoms with E-state index in [1.165, 1.54) is 11.6 Å². The van der Waals surface area contributed by atoms with Gasteiger partial charge in [-0.15, -0.1) is 0 Å². The average molecular weight is 264 g/mol. The highest BCUT2D eigenvalue weighted by Crippen LogP contribution is 2.22. The van der Waals surface area contributed by atoms with Crippen molar-refractivity contribution in [2.75, 3.05) is 0 Å². The Hall–Kier alpha value is -2.71. The molecule has 1 aromatic heterocycles. The van der Waals surface area contributed by atoms with Gasteiger partial charge >= 0.3 is 0 Å². The molecule has 0 aliphatic rings. The van der Waals surface area contributed by atoms with Crippen molar-refractivity contribution in [3.05, 3.63) is 60.0 Å². The molecule has 98 valence electrons. The fourth-order valence-corrected chi connectivity index (χ4v) is 2.09. The number of hydrogen-bond donors (Lipinski definition) is 0. The zero-order chi connectivity index (χ0) is 13.8. The van der Waals surface area contributed by atoms with Gasteiger partial charge in [-0.3, -0.25) is 0 Å². The van der Waals surface area contributed by atoms with Crippen LogP contribution in [-0.4, -0.2) is 11.1 Å². The third kappa shape index (κ3) is 2.66. The maximum Gasteiger partial charge on any atom is 0.240 e. The van der Waals surface area contributed by atoms with E-state index in [9.17, 15) is 4.79 Å². The van der Waals surface area contributed by atoms with E-state index in [0.29, 0.717) is 22.7 Å². The van der Waals surface area contributed by atoms with Gasteiger partial charge in [0.2, 0.25) is 6.08 Å². The number of rotatable bonds is 4. The third-order valence-corrected chi connectivity index (χ3v) is 3.06. The predicted molar refractivity (Wildman–Crippen MR) is 75.6 cm³/mol. The van der Waals surface area contributed by atoms with E-state index in [1.807, 2.05) is 18.2 Å². The van der Waals surface area contributed by atoms with E-state index in [-0.39, 0.29) is 0 Å². The molecule has 1 heterocycles. The summed E-state index contributed by atoms with van der Waals surface area (Å²) in [6, 6.07) is 15.4. The van der Waals surface area contributed by atoms with E-state index >= 15 is 0 Å². The Balaban J connectivity index is 1.80.